The third-order valence-electron chi connectivity index (χ3n) is 11.8. The van der Waals surface area contributed by atoms with Gasteiger partial charge in [0, 0.05) is 27.8 Å². The molecule has 0 atom stereocenters. The van der Waals surface area contributed by atoms with E-state index >= 15 is 0 Å². The molecule has 0 heterocycles. The molecule has 2 aliphatic rings. The molecule has 0 radical (unpaired) electrons. The van der Waals surface area contributed by atoms with Crippen LogP contribution in [-0.2, 0) is 10.8 Å². The fraction of sp³-hybridized carbons (Fsp3) is 0.120. The molecular weight excluding hydrogens is 615 g/mol. The molecule has 10 rings (SSSR count). The Morgan fingerprint density at radius 1 is 0.392 bits per heavy atom. The monoisotopic (exact) mass is 653 g/mol. The molecule has 0 aliphatic heterocycles. The van der Waals surface area contributed by atoms with Crippen LogP contribution in [0.3, 0.4) is 0 Å². The van der Waals surface area contributed by atoms with Gasteiger partial charge in [0.1, 0.15) is 0 Å². The van der Waals surface area contributed by atoms with E-state index < -0.39 is 0 Å². The Kier molecular flexibility index (Phi) is 6.34. The van der Waals surface area contributed by atoms with Crippen LogP contribution >= 0.6 is 0 Å². The molecular formula is C50H39N. The van der Waals surface area contributed by atoms with Crippen LogP contribution in [0.25, 0.3) is 54.9 Å². The number of nitrogens with zero attached hydrogens (tertiary/aromatic N) is 1. The minimum atomic E-state index is -0.146. The number of fused-ring (bicyclic) bond motifs is 9. The quantitative estimate of drug-likeness (QED) is 0.183. The summed E-state index contributed by atoms with van der Waals surface area (Å²) in [5, 5.41) is 5.12. The molecule has 1 nitrogen and oxygen atoms in total. The first-order valence-electron chi connectivity index (χ1n) is 18.1. The molecule has 1 heteroatoms. The van der Waals surface area contributed by atoms with Crippen LogP contribution in [0.4, 0.5) is 17.1 Å². The van der Waals surface area contributed by atoms with Crippen LogP contribution in [-0.4, -0.2) is 0 Å². The van der Waals surface area contributed by atoms with Gasteiger partial charge in [0.2, 0.25) is 0 Å². The SMILES string of the molecule is CC1(C)c2ccccc2-c2ccc(N(c3ccc(-c4cccc5ccccc45)cc3)c3cc4ccccc4c4c3-c3ccccc3C4(C)C)cc21. The highest BCUT2D eigenvalue weighted by Crippen LogP contribution is 2.57. The van der Waals surface area contributed by atoms with Gasteiger partial charge in [0.15, 0.2) is 0 Å². The van der Waals surface area contributed by atoms with Gasteiger partial charge in [-0.1, -0.05) is 161 Å². The molecule has 51 heavy (non-hydrogen) atoms. The Hall–Kier alpha value is -5.92. The summed E-state index contributed by atoms with van der Waals surface area (Å²) in [5.41, 5.74) is 16.6. The second-order valence-electron chi connectivity index (χ2n) is 15.3. The average Bonchev–Trinajstić information content (AvgIpc) is 3.55. The molecule has 244 valence electrons. The van der Waals surface area contributed by atoms with E-state index in [4.69, 9.17) is 0 Å². The zero-order chi connectivity index (χ0) is 34.5. The Morgan fingerprint density at radius 3 is 1.75 bits per heavy atom. The second-order valence-corrected chi connectivity index (χ2v) is 15.3. The molecule has 0 N–H and O–H groups in total. The third kappa shape index (κ3) is 4.28. The van der Waals surface area contributed by atoms with Gasteiger partial charge in [-0.2, -0.15) is 0 Å². The van der Waals surface area contributed by atoms with Crippen LogP contribution in [0.15, 0.2) is 164 Å². The van der Waals surface area contributed by atoms with E-state index in [0.29, 0.717) is 0 Å². The van der Waals surface area contributed by atoms with Gasteiger partial charge in [0.05, 0.1) is 5.69 Å². The normalized spacial score (nSPS) is 14.6. The van der Waals surface area contributed by atoms with E-state index in [0.717, 1.165) is 5.69 Å². The van der Waals surface area contributed by atoms with E-state index in [1.54, 1.807) is 0 Å². The summed E-state index contributed by atoms with van der Waals surface area (Å²) >= 11 is 0. The molecule has 2 aliphatic carbocycles. The number of hydrogen-bond acceptors (Lipinski definition) is 1. The number of hydrogen-bond donors (Lipinski definition) is 0. The van der Waals surface area contributed by atoms with Crippen LogP contribution < -0.4 is 4.90 Å². The van der Waals surface area contributed by atoms with Crippen molar-refractivity contribution in [3.05, 3.63) is 186 Å². The van der Waals surface area contributed by atoms with Gasteiger partial charge >= 0.3 is 0 Å². The van der Waals surface area contributed by atoms with Crippen molar-refractivity contribution < 1.29 is 0 Å². The summed E-state index contributed by atoms with van der Waals surface area (Å²) in [6.45, 7) is 9.53. The topological polar surface area (TPSA) is 3.24 Å². The van der Waals surface area contributed by atoms with Crippen molar-refractivity contribution in [2.45, 2.75) is 38.5 Å². The second kappa shape index (κ2) is 10.8. The standard InChI is InChI=1S/C50H39N/c1-49(2)43-22-11-9-19-40(43)41-29-28-36(31-45(41)49)51(35-26-24-33(25-27-35)38-21-13-16-32-14-5-7-17-37(32)38)46-30-34-15-6-8-18-39(34)48-47(46)42-20-10-12-23-44(42)50(48,3)4/h5-31H,1-4H3. The summed E-state index contributed by atoms with van der Waals surface area (Å²) < 4.78 is 0. The fourth-order valence-corrected chi connectivity index (χ4v) is 9.34. The van der Waals surface area contributed by atoms with Crippen molar-refractivity contribution in [1.82, 2.24) is 0 Å². The van der Waals surface area contributed by atoms with Crippen molar-refractivity contribution in [1.29, 1.82) is 0 Å². The number of rotatable bonds is 4. The summed E-state index contributed by atoms with van der Waals surface area (Å²) in [5.74, 6) is 0. The van der Waals surface area contributed by atoms with E-state index in [1.807, 2.05) is 0 Å². The van der Waals surface area contributed by atoms with Crippen molar-refractivity contribution >= 4 is 38.6 Å². The zero-order valence-electron chi connectivity index (χ0n) is 29.5. The summed E-state index contributed by atoms with van der Waals surface area (Å²) in [6, 6.07) is 61.0. The van der Waals surface area contributed by atoms with Crippen molar-refractivity contribution in [2.24, 2.45) is 0 Å². The molecule has 8 aromatic carbocycles. The van der Waals surface area contributed by atoms with E-state index in [-0.39, 0.29) is 10.8 Å². The summed E-state index contributed by atoms with van der Waals surface area (Å²) in [4.78, 5) is 2.52. The average molecular weight is 654 g/mol. The smallest absolute Gasteiger partial charge is 0.0549 e. The predicted molar refractivity (Wildman–Crippen MR) is 217 cm³/mol. The van der Waals surface area contributed by atoms with E-state index in [1.165, 1.54) is 88.6 Å². The lowest BCUT2D eigenvalue weighted by molar-refractivity contribution is 0.660. The molecule has 0 saturated heterocycles. The highest BCUT2D eigenvalue weighted by molar-refractivity contribution is 6.06. The van der Waals surface area contributed by atoms with E-state index in [9.17, 15) is 0 Å². The molecule has 8 aromatic rings. The maximum atomic E-state index is 2.52. The fourth-order valence-electron chi connectivity index (χ4n) is 9.34. The van der Waals surface area contributed by atoms with Crippen molar-refractivity contribution in [3.8, 4) is 33.4 Å². The Morgan fingerprint density at radius 2 is 0.961 bits per heavy atom. The summed E-state index contributed by atoms with van der Waals surface area (Å²) in [7, 11) is 0. The minimum Gasteiger partial charge on any atom is -0.310 e. The van der Waals surface area contributed by atoms with Gasteiger partial charge in [-0.25, -0.2) is 0 Å². The van der Waals surface area contributed by atoms with Gasteiger partial charge < -0.3 is 4.90 Å². The third-order valence-corrected chi connectivity index (χ3v) is 11.8. The predicted octanol–water partition coefficient (Wildman–Crippen LogP) is 13.7. The van der Waals surface area contributed by atoms with Gasteiger partial charge in [-0.3, -0.25) is 0 Å². The molecule has 0 aromatic heterocycles. The number of anilines is 3. The zero-order valence-corrected chi connectivity index (χ0v) is 29.5. The molecule has 0 saturated carbocycles. The molecule has 0 fully saturated rings. The number of benzene rings is 8. The van der Waals surface area contributed by atoms with E-state index in [2.05, 4.69) is 196 Å². The largest absolute Gasteiger partial charge is 0.310 e. The molecule has 0 amide bonds. The lowest BCUT2D eigenvalue weighted by atomic mass is 9.80. The maximum absolute atomic E-state index is 2.52. The van der Waals surface area contributed by atoms with Crippen molar-refractivity contribution in [2.75, 3.05) is 4.90 Å². The maximum Gasteiger partial charge on any atom is 0.0549 e. The highest BCUT2D eigenvalue weighted by atomic mass is 15.1. The first-order valence-corrected chi connectivity index (χ1v) is 18.1. The van der Waals surface area contributed by atoms with Gasteiger partial charge in [-0.05, 0) is 102 Å². The first-order chi connectivity index (χ1) is 24.8. The van der Waals surface area contributed by atoms with Crippen LogP contribution in [0.1, 0.15) is 49.9 Å². The molecule has 0 unspecified atom stereocenters. The van der Waals surface area contributed by atoms with Crippen molar-refractivity contribution in [3.63, 3.8) is 0 Å². The molecule has 0 bridgehead atoms. The van der Waals surface area contributed by atoms with Crippen LogP contribution in [0, 0.1) is 0 Å². The molecule has 0 spiro atoms. The Balaban J connectivity index is 1.24. The van der Waals surface area contributed by atoms with Crippen LogP contribution in [0.2, 0.25) is 0 Å². The van der Waals surface area contributed by atoms with Gasteiger partial charge in [0.25, 0.3) is 0 Å². The lowest BCUT2D eigenvalue weighted by Gasteiger charge is -2.31. The summed E-state index contributed by atoms with van der Waals surface area (Å²) in [6.07, 6.45) is 0. The Labute approximate surface area is 300 Å². The highest BCUT2D eigenvalue weighted by Gasteiger charge is 2.40. The first kappa shape index (κ1) is 29.9. The minimum absolute atomic E-state index is 0.105. The lowest BCUT2D eigenvalue weighted by Crippen LogP contribution is -2.18. The van der Waals surface area contributed by atoms with Gasteiger partial charge in [-0.15, -0.1) is 0 Å². The van der Waals surface area contributed by atoms with Crippen LogP contribution in [0.5, 0.6) is 0 Å². The Bertz CT molecular complexity index is 2690.